The van der Waals surface area contributed by atoms with Gasteiger partial charge < -0.3 is 10.6 Å². The van der Waals surface area contributed by atoms with E-state index in [2.05, 4.69) is 35.9 Å². The van der Waals surface area contributed by atoms with Crippen molar-refractivity contribution in [1.82, 2.24) is 10.6 Å². The van der Waals surface area contributed by atoms with Gasteiger partial charge in [-0.25, -0.2) is 0 Å². The zero-order valence-electron chi connectivity index (χ0n) is 10.1. The topological polar surface area (TPSA) is 24.1 Å². The molecule has 2 N–H and O–H groups in total. The van der Waals surface area contributed by atoms with Crippen molar-refractivity contribution in [1.29, 1.82) is 0 Å². The SMILES string of the molecule is CCc1ccsc1CNCC(C)=C1CNC1. The van der Waals surface area contributed by atoms with Crippen LogP contribution in [0, 0.1) is 0 Å². The van der Waals surface area contributed by atoms with E-state index in [0.717, 1.165) is 32.6 Å². The normalized spacial score (nSPS) is 15.0. The molecule has 1 saturated heterocycles. The Kier molecular flexibility index (Phi) is 4.16. The number of hydrogen-bond donors (Lipinski definition) is 2. The van der Waals surface area contributed by atoms with E-state index in [9.17, 15) is 0 Å². The summed E-state index contributed by atoms with van der Waals surface area (Å²) < 4.78 is 0. The van der Waals surface area contributed by atoms with Crippen LogP contribution in [0.5, 0.6) is 0 Å². The third kappa shape index (κ3) is 2.73. The molecule has 1 aromatic rings. The van der Waals surface area contributed by atoms with E-state index in [1.54, 1.807) is 5.57 Å². The second-order valence-corrected chi connectivity index (χ2v) is 5.31. The third-order valence-electron chi connectivity index (χ3n) is 3.17. The van der Waals surface area contributed by atoms with Crippen molar-refractivity contribution in [2.75, 3.05) is 19.6 Å². The maximum Gasteiger partial charge on any atom is 0.0305 e. The Morgan fingerprint density at radius 3 is 2.94 bits per heavy atom. The van der Waals surface area contributed by atoms with Gasteiger partial charge in [0.25, 0.3) is 0 Å². The molecule has 0 amide bonds. The second kappa shape index (κ2) is 5.62. The minimum atomic E-state index is 1.01. The first-order chi connectivity index (χ1) is 7.81. The van der Waals surface area contributed by atoms with Gasteiger partial charge in [0.05, 0.1) is 0 Å². The Balaban J connectivity index is 1.79. The Morgan fingerprint density at radius 2 is 2.31 bits per heavy atom. The molecule has 0 saturated carbocycles. The largest absolute Gasteiger partial charge is 0.309 e. The van der Waals surface area contributed by atoms with Crippen LogP contribution in [-0.2, 0) is 13.0 Å². The molecule has 1 aliphatic heterocycles. The first-order valence-electron chi connectivity index (χ1n) is 5.95. The highest BCUT2D eigenvalue weighted by Gasteiger charge is 2.10. The lowest BCUT2D eigenvalue weighted by molar-refractivity contribution is 0.641. The maximum absolute atomic E-state index is 3.54. The van der Waals surface area contributed by atoms with Crippen molar-refractivity contribution in [2.45, 2.75) is 26.8 Å². The molecule has 0 aliphatic carbocycles. The highest BCUT2D eigenvalue weighted by molar-refractivity contribution is 7.10. The van der Waals surface area contributed by atoms with Crippen molar-refractivity contribution in [2.24, 2.45) is 0 Å². The fraction of sp³-hybridized carbons (Fsp3) is 0.538. The molecule has 2 nitrogen and oxygen atoms in total. The van der Waals surface area contributed by atoms with Gasteiger partial charge in [-0.05, 0) is 35.9 Å². The van der Waals surface area contributed by atoms with Gasteiger partial charge >= 0.3 is 0 Å². The van der Waals surface area contributed by atoms with Gasteiger partial charge in [0.15, 0.2) is 0 Å². The molecule has 88 valence electrons. The maximum atomic E-state index is 3.54. The van der Waals surface area contributed by atoms with Crippen molar-refractivity contribution in [3.8, 4) is 0 Å². The van der Waals surface area contributed by atoms with Crippen LogP contribution in [0.15, 0.2) is 22.6 Å². The van der Waals surface area contributed by atoms with Gasteiger partial charge in [-0.15, -0.1) is 11.3 Å². The van der Waals surface area contributed by atoms with E-state index in [4.69, 9.17) is 0 Å². The highest BCUT2D eigenvalue weighted by atomic mass is 32.1. The molecule has 0 unspecified atom stereocenters. The molecule has 16 heavy (non-hydrogen) atoms. The summed E-state index contributed by atoms with van der Waals surface area (Å²) in [5, 5.41) is 9.01. The van der Waals surface area contributed by atoms with E-state index in [-0.39, 0.29) is 0 Å². The van der Waals surface area contributed by atoms with E-state index < -0.39 is 0 Å². The Labute approximate surface area is 102 Å². The van der Waals surface area contributed by atoms with E-state index in [0.29, 0.717) is 0 Å². The minimum Gasteiger partial charge on any atom is -0.309 e. The van der Waals surface area contributed by atoms with Crippen LogP contribution in [0.4, 0.5) is 0 Å². The van der Waals surface area contributed by atoms with Gasteiger partial charge in [-0.1, -0.05) is 12.5 Å². The minimum absolute atomic E-state index is 1.01. The molecular formula is C13H20N2S. The third-order valence-corrected chi connectivity index (χ3v) is 4.14. The summed E-state index contributed by atoms with van der Waals surface area (Å²) in [5.41, 5.74) is 4.58. The summed E-state index contributed by atoms with van der Waals surface area (Å²) >= 11 is 1.86. The van der Waals surface area contributed by atoms with Crippen LogP contribution in [0.3, 0.4) is 0 Å². The number of hydrogen-bond acceptors (Lipinski definition) is 3. The summed E-state index contributed by atoms with van der Waals surface area (Å²) in [7, 11) is 0. The Morgan fingerprint density at radius 1 is 1.50 bits per heavy atom. The fourth-order valence-corrected chi connectivity index (χ4v) is 2.82. The molecule has 0 bridgehead atoms. The summed E-state index contributed by atoms with van der Waals surface area (Å²) in [6, 6.07) is 2.24. The monoisotopic (exact) mass is 236 g/mol. The summed E-state index contributed by atoms with van der Waals surface area (Å²) in [4.78, 5) is 1.49. The first-order valence-corrected chi connectivity index (χ1v) is 6.83. The molecule has 2 rings (SSSR count). The smallest absolute Gasteiger partial charge is 0.0305 e. The predicted molar refractivity (Wildman–Crippen MR) is 71.0 cm³/mol. The number of thiophene rings is 1. The molecule has 1 fully saturated rings. The van der Waals surface area contributed by atoms with Gasteiger partial charge in [-0.2, -0.15) is 0 Å². The van der Waals surface area contributed by atoms with E-state index >= 15 is 0 Å². The van der Waals surface area contributed by atoms with Gasteiger partial charge in [0.2, 0.25) is 0 Å². The second-order valence-electron chi connectivity index (χ2n) is 4.31. The highest BCUT2D eigenvalue weighted by Crippen LogP contribution is 2.17. The molecule has 0 radical (unpaired) electrons. The molecule has 1 aromatic heterocycles. The van der Waals surface area contributed by atoms with Crippen molar-refractivity contribution in [3.05, 3.63) is 33.0 Å². The summed E-state index contributed by atoms with van der Waals surface area (Å²) in [5.74, 6) is 0. The standard InChI is InChI=1S/C13H20N2S/c1-3-11-4-5-16-13(11)9-14-6-10(2)12-7-15-8-12/h4-5,14-15H,3,6-9H2,1-2H3. The lowest BCUT2D eigenvalue weighted by Crippen LogP contribution is -2.36. The van der Waals surface area contributed by atoms with E-state index in [1.165, 1.54) is 16.0 Å². The van der Waals surface area contributed by atoms with Crippen molar-refractivity contribution in [3.63, 3.8) is 0 Å². The lowest BCUT2D eigenvalue weighted by atomic mass is 10.0. The Bertz CT molecular complexity index is 373. The average Bonchev–Trinajstić information content (AvgIpc) is 2.62. The molecule has 2 heterocycles. The number of rotatable bonds is 5. The van der Waals surface area contributed by atoms with Crippen LogP contribution < -0.4 is 10.6 Å². The number of aryl methyl sites for hydroxylation is 1. The molecular weight excluding hydrogens is 216 g/mol. The lowest BCUT2D eigenvalue weighted by Gasteiger charge is -2.22. The number of nitrogens with one attached hydrogen (secondary N) is 2. The average molecular weight is 236 g/mol. The predicted octanol–water partition coefficient (Wildman–Crippen LogP) is 2.32. The van der Waals surface area contributed by atoms with Crippen LogP contribution in [0.25, 0.3) is 0 Å². The Hall–Kier alpha value is -0.640. The van der Waals surface area contributed by atoms with Crippen molar-refractivity contribution < 1.29 is 0 Å². The molecule has 0 atom stereocenters. The summed E-state index contributed by atoms with van der Waals surface area (Å²) in [6.45, 7) is 8.67. The molecule has 0 aromatic carbocycles. The molecule has 3 heteroatoms. The van der Waals surface area contributed by atoms with Crippen LogP contribution in [-0.4, -0.2) is 19.6 Å². The van der Waals surface area contributed by atoms with Crippen LogP contribution >= 0.6 is 11.3 Å². The van der Waals surface area contributed by atoms with Gasteiger partial charge in [0.1, 0.15) is 0 Å². The van der Waals surface area contributed by atoms with Crippen LogP contribution in [0.2, 0.25) is 0 Å². The zero-order chi connectivity index (χ0) is 11.4. The summed E-state index contributed by atoms with van der Waals surface area (Å²) in [6.07, 6.45) is 1.14. The quantitative estimate of drug-likeness (QED) is 0.767. The van der Waals surface area contributed by atoms with Gasteiger partial charge in [-0.3, -0.25) is 0 Å². The van der Waals surface area contributed by atoms with Crippen LogP contribution in [0.1, 0.15) is 24.3 Å². The first kappa shape index (κ1) is 11.8. The fourth-order valence-electron chi connectivity index (χ4n) is 1.88. The zero-order valence-corrected chi connectivity index (χ0v) is 10.9. The van der Waals surface area contributed by atoms with E-state index in [1.807, 2.05) is 11.3 Å². The molecule has 1 aliphatic rings. The molecule has 0 spiro atoms. The van der Waals surface area contributed by atoms with Gasteiger partial charge in [0, 0.05) is 31.1 Å². The van der Waals surface area contributed by atoms with Crippen molar-refractivity contribution >= 4 is 11.3 Å².